The van der Waals surface area contributed by atoms with E-state index in [-0.39, 0.29) is 24.8 Å². The minimum Gasteiger partial charge on any atom is -0.481 e. The molecule has 0 spiro atoms. The summed E-state index contributed by atoms with van der Waals surface area (Å²) in [5.74, 6) is -0.0831. The molecule has 2 heterocycles. The number of hydrogen-bond acceptors (Lipinski definition) is 5. The highest BCUT2D eigenvalue weighted by Crippen LogP contribution is 2.22. The maximum Gasteiger partial charge on any atom is 0.247 e. The third-order valence-corrected chi connectivity index (χ3v) is 3.51. The molecule has 1 saturated heterocycles. The van der Waals surface area contributed by atoms with Gasteiger partial charge >= 0.3 is 0 Å². The number of ether oxygens (including phenoxy) is 1. The van der Waals surface area contributed by atoms with Crippen LogP contribution in [0.1, 0.15) is 19.0 Å². The topological polar surface area (TPSA) is 91.8 Å². The summed E-state index contributed by atoms with van der Waals surface area (Å²) in [6.07, 6.45) is -0.423. The van der Waals surface area contributed by atoms with E-state index >= 15 is 0 Å². The highest BCUT2D eigenvalue weighted by molar-refractivity contribution is 5.97. The fourth-order valence-corrected chi connectivity index (χ4v) is 2.41. The molecule has 2 atom stereocenters. The molecule has 21 heavy (non-hydrogen) atoms. The molecule has 2 N–H and O–H groups in total. The molecule has 0 aromatic carbocycles. The molecule has 7 heteroatoms. The number of anilines is 1. The zero-order valence-electron chi connectivity index (χ0n) is 12.3. The summed E-state index contributed by atoms with van der Waals surface area (Å²) in [6, 6.07) is 2.69. The first kappa shape index (κ1) is 15.2. The quantitative estimate of drug-likeness (QED) is 0.837. The maximum atomic E-state index is 12.3. The lowest BCUT2D eigenvalue weighted by atomic mass is 10.1. The molecule has 2 amide bonds. The predicted octanol–water partition coefficient (Wildman–Crippen LogP) is 0.319. The summed E-state index contributed by atoms with van der Waals surface area (Å²) in [5, 5.41) is 12.4. The molecule has 0 saturated carbocycles. The van der Waals surface area contributed by atoms with Crippen molar-refractivity contribution in [2.45, 2.75) is 32.4 Å². The predicted molar refractivity (Wildman–Crippen MR) is 76.0 cm³/mol. The number of carbonyl (C=O) groups excluding carboxylic acids is 2. The first-order chi connectivity index (χ1) is 9.92. The Morgan fingerprint density at radius 3 is 2.76 bits per heavy atom. The number of aromatic nitrogens is 1. The number of likely N-dealkylation sites (tertiary alicyclic amines) is 1. The van der Waals surface area contributed by atoms with E-state index in [9.17, 15) is 14.7 Å². The highest BCUT2D eigenvalue weighted by Gasteiger charge is 2.37. The maximum absolute atomic E-state index is 12.3. The summed E-state index contributed by atoms with van der Waals surface area (Å²) in [7, 11) is 1.52. The van der Waals surface area contributed by atoms with Crippen molar-refractivity contribution in [3.8, 4) is 5.88 Å². The van der Waals surface area contributed by atoms with Crippen molar-refractivity contribution in [3.05, 3.63) is 17.8 Å². The number of pyridine rings is 1. The van der Waals surface area contributed by atoms with Gasteiger partial charge in [-0.05, 0) is 13.0 Å². The number of carbonyl (C=O) groups is 2. The fourth-order valence-electron chi connectivity index (χ4n) is 2.41. The number of β-amino-alcohol motifs (C(OH)–C–C–N with tert-alkyl or cyclic N) is 1. The minimum atomic E-state index is -0.667. The van der Waals surface area contributed by atoms with Crippen LogP contribution >= 0.6 is 0 Å². The number of methoxy groups -OCH3 is 1. The van der Waals surface area contributed by atoms with Gasteiger partial charge in [-0.2, -0.15) is 0 Å². The number of hydrogen-bond donors (Lipinski definition) is 2. The number of aliphatic hydroxyl groups excluding tert-OH is 1. The summed E-state index contributed by atoms with van der Waals surface area (Å²) in [4.78, 5) is 29.4. The number of aryl methyl sites for hydroxylation is 1. The van der Waals surface area contributed by atoms with E-state index in [1.807, 2.05) is 0 Å². The van der Waals surface area contributed by atoms with Crippen LogP contribution in [0.3, 0.4) is 0 Å². The molecule has 0 unspecified atom stereocenters. The SMILES string of the molecule is COc1ccc(NC(=O)[C@H]2C[C@H](O)CN2C(C)=O)c(C)n1. The van der Waals surface area contributed by atoms with E-state index in [2.05, 4.69) is 10.3 Å². The van der Waals surface area contributed by atoms with Gasteiger partial charge in [-0.15, -0.1) is 0 Å². The van der Waals surface area contributed by atoms with Gasteiger partial charge in [0.25, 0.3) is 0 Å². The molecule has 1 aliphatic heterocycles. The van der Waals surface area contributed by atoms with E-state index in [1.165, 1.54) is 18.9 Å². The minimum absolute atomic E-state index is 0.188. The standard InChI is InChI=1S/C14H19N3O4/c1-8-11(4-5-13(15-8)21-3)16-14(20)12-6-10(19)7-17(12)9(2)18/h4-5,10,12,19H,6-7H2,1-3H3,(H,16,20)/t10-,12+/m0/s1. The number of amides is 2. The van der Waals surface area contributed by atoms with Crippen molar-refractivity contribution in [2.75, 3.05) is 19.0 Å². The lowest BCUT2D eigenvalue weighted by Gasteiger charge is -2.22. The first-order valence-electron chi connectivity index (χ1n) is 6.70. The molecule has 2 rings (SSSR count). The molecular weight excluding hydrogens is 274 g/mol. The molecule has 114 valence electrons. The zero-order chi connectivity index (χ0) is 15.6. The van der Waals surface area contributed by atoms with Gasteiger partial charge in [-0.25, -0.2) is 4.98 Å². The Hall–Kier alpha value is -2.15. The molecule has 0 radical (unpaired) electrons. The summed E-state index contributed by atoms with van der Waals surface area (Å²) in [6.45, 7) is 3.33. The van der Waals surface area contributed by atoms with Crippen molar-refractivity contribution >= 4 is 17.5 Å². The van der Waals surface area contributed by atoms with Crippen LogP contribution in [0, 0.1) is 6.92 Å². The zero-order valence-corrected chi connectivity index (χ0v) is 12.3. The fraction of sp³-hybridized carbons (Fsp3) is 0.500. The van der Waals surface area contributed by atoms with Crippen LogP contribution in [0.4, 0.5) is 5.69 Å². The normalized spacial score (nSPS) is 21.2. The molecule has 1 fully saturated rings. The van der Waals surface area contributed by atoms with Gasteiger partial charge in [0, 0.05) is 26.0 Å². The van der Waals surface area contributed by atoms with Crippen molar-refractivity contribution < 1.29 is 19.4 Å². The van der Waals surface area contributed by atoms with Gasteiger partial charge in [0.05, 0.1) is 24.6 Å². The van der Waals surface area contributed by atoms with Crippen molar-refractivity contribution in [1.82, 2.24) is 9.88 Å². The lowest BCUT2D eigenvalue weighted by Crippen LogP contribution is -2.42. The number of nitrogens with one attached hydrogen (secondary N) is 1. The van der Waals surface area contributed by atoms with Crippen molar-refractivity contribution in [3.63, 3.8) is 0 Å². The monoisotopic (exact) mass is 293 g/mol. The Morgan fingerprint density at radius 2 is 2.19 bits per heavy atom. The average molecular weight is 293 g/mol. The molecule has 1 aromatic heterocycles. The van der Waals surface area contributed by atoms with Gasteiger partial charge in [0.15, 0.2) is 0 Å². The summed E-state index contributed by atoms with van der Waals surface area (Å²) in [5.41, 5.74) is 1.18. The average Bonchev–Trinajstić information content (AvgIpc) is 2.83. The Morgan fingerprint density at radius 1 is 1.48 bits per heavy atom. The molecule has 7 nitrogen and oxygen atoms in total. The highest BCUT2D eigenvalue weighted by atomic mass is 16.5. The van der Waals surface area contributed by atoms with Crippen LogP contribution in [0.15, 0.2) is 12.1 Å². The number of aliphatic hydroxyl groups is 1. The second-order valence-corrected chi connectivity index (χ2v) is 5.05. The van der Waals surface area contributed by atoms with Gasteiger partial charge in [0.2, 0.25) is 17.7 Å². The Kier molecular flexibility index (Phi) is 4.42. The van der Waals surface area contributed by atoms with E-state index in [1.54, 1.807) is 19.1 Å². The second kappa shape index (κ2) is 6.09. The van der Waals surface area contributed by atoms with Crippen molar-refractivity contribution in [1.29, 1.82) is 0 Å². The largest absolute Gasteiger partial charge is 0.481 e. The smallest absolute Gasteiger partial charge is 0.247 e. The van der Waals surface area contributed by atoms with Gasteiger partial charge < -0.3 is 20.1 Å². The molecule has 1 aromatic rings. The van der Waals surface area contributed by atoms with Crippen molar-refractivity contribution in [2.24, 2.45) is 0 Å². The Balaban J connectivity index is 2.12. The van der Waals surface area contributed by atoms with Crippen LogP contribution in [-0.4, -0.2) is 52.6 Å². The van der Waals surface area contributed by atoms with Gasteiger partial charge in [-0.3, -0.25) is 9.59 Å². The van der Waals surface area contributed by atoms with Gasteiger partial charge in [0.1, 0.15) is 6.04 Å². The van der Waals surface area contributed by atoms with E-state index < -0.39 is 12.1 Å². The third-order valence-electron chi connectivity index (χ3n) is 3.51. The number of nitrogens with zero attached hydrogens (tertiary/aromatic N) is 2. The molecule has 1 aliphatic rings. The van der Waals surface area contributed by atoms with Crippen LogP contribution in [0.5, 0.6) is 5.88 Å². The van der Waals surface area contributed by atoms with Crippen LogP contribution in [-0.2, 0) is 9.59 Å². The van der Waals surface area contributed by atoms with Crippen LogP contribution in [0.2, 0.25) is 0 Å². The van der Waals surface area contributed by atoms with Gasteiger partial charge in [-0.1, -0.05) is 0 Å². The number of rotatable bonds is 3. The lowest BCUT2D eigenvalue weighted by molar-refractivity contribution is -0.134. The second-order valence-electron chi connectivity index (χ2n) is 5.05. The van der Waals surface area contributed by atoms with Crippen LogP contribution < -0.4 is 10.1 Å². The van der Waals surface area contributed by atoms with E-state index in [0.29, 0.717) is 17.3 Å². The summed E-state index contributed by atoms with van der Waals surface area (Å²) < 4.78 is 5.01. The van der Waals surface area contributed by atoms with Crippen LogP contribution in [0.25, 0.3) is 0 Å². The van der Waals surface area contributed by atoms with E-state index in [0.717, 1.165) is 0 Å². The Labute approximate surface area is 122 Å². The third kappa shape index (κ3) is 3.30. The molecule has 0 aliphatic carbocycles. The first-order valence-corrected chi connectivity index (χ1v) is 6.70. The summed E-state index contributed by atoms with van der Waals surface area (Å²) >= 11 is 0. The molecular formula is C14H19N3O4. The van der Waals surface area contributed by atoms with E-state index in [4.69, 9.17) is 4.74 Å². The molecule has 0 bridgehead atoms. The Bertz CT molecular complexity index is 561.